The fourth-order valence-electron chi connectivity index (χ4n) is 3.34. The number of halogens is 3. The summed E-state index contributed by atoms with van der Waals surface area (Å²) in [6.07, 6.45) is -4.73. The van der Waals surface area contributed by atoms with E-state index in [1.807, 2.05) is 13.8 Å². The van der Waals surface area contributed by atoms with Crippen LogP contribution in [0.1, 0.15) is 30.9 Å². The standard InChI is InChI=1S/C15H25N3O2.C2HF3O2/c1-10(2)18-8-14-15(9-18)19-6-5-17(14)7-13-11(3)16-20-12(13)4;3-2(4,5)1(6)7/h10,14-15H,5-9H2,1-4H3;(H,6,7)/t14-,15+;/m1./s1. The van der Waals surface area contributed by atoms with Crippen LogP contribution >= 0.6 is 0 Å². The number of hydrogen-bond donors (Lipinski definition) is 1. The Balaban J connectivity index is 0.000000321. The molecule has 3 rings (SSSR count). The molecule has 1 N–H and O–H groups in total. The molecule has 154 valence electrons. The van der Waals surface area contributed by atoms with Gasteiger partial charge in [-0.1, -0.05) is 5.16 Å². The van der Waals surface area contributed by atoms with Crippen LogP contribution in [0.5, 0.6) is 0 Å². The molecule has 1 aromatic heterocycles. The van der Waals surface area contributed by atoms with E-state index >= 15 is 0 Å². The third kappa shape index (κ3) is 5.43. The number of aryl methyl sites for hydroxylation is 2. The monoisotopic (exact) mass is 393 g/mol. The van der Waals surface area contributed by atoms with Gasteiger partial charge in [-0.25, -0.2) is 4.79 Å². The molecule has 0 aromatic carbocycles. The van der Waals surface area contributed by atoms with E-state index in [9.17, 15) is 13.2 Å². The molecule has 10 heteroatoms. The molecule has 1 aromatic rings. The maximum atomic E-state index is 10.6. The summed E-state index contributed by atoms with van der Waals surface area (Å²) in [5.41, 5.74) is 2.26. The van der Waals surface area contributed by atoms with Gasteiger partial charge < -0.3 is 14.4 Å². The number of ether oxygens (including phenoxy) is 1. The molecule has 0 radical (unpaired) electrons. The van der Waals surface area contributed by atoms with Gasteiger partial charge >= 0.3 is 12.1 Å². The van der Waals surface area contributed by atoms with Gasteiger partial charge in [0, 0.05) is 37.8 Å². The van der Waals surface area contributed by atoms with Crippen LogP contribution in [-0.2, 0) is 16.1 Å². The van der Waals surface area contributed by atoms with Crippen molar-refractivity contribution in [3.8, 4) is 0 Å². The van der Waals surface area contributed by atoms with E-state index in [1.165, 1.54) is 5.56 Å². The quantitative estimate of drug-likeness (QED) is 0.844. The van der Waals surface area contributed by atoms with Gasteiger partial charge in [0.2, 0.25) is 0 Å². The fourth-order valence-corrected chi connectivity index (χ4v) is 3.34. The van der Waals surface area contributed by atoms with E-state index in [0.29, 0.717) is 18.2 Å². The molecule has 2 aliphatic rings. The summed E-state index contributed by atoms with van der Waals surface area (Å²) >= 11 is 0. The molecule has 3 heterocycles. The summed E-state index contributed by atoms with van der Waals surface area (Å²) in [5, 5.41) is 11.2. The number of fused-ring (bicyclic) bond motifs is 1. The first-order valence-electron chi connectivity index (χ1n) is 8.82. The molecule has 0 saturated carbocycles. The van der Waals surface area contributed by atoms with Gasteiger partial charge in [0.1, 0.15) is 5.76 Å². The molecule has 2 atom stereocenters. The van der Waals surface area contributed by atoms with Gasteiger partial charge in [0.15, 0.2) is 0 Å². The number of aromatic nitrogens is 1. The van der Waals surface area contributed by atoms with Gasteiger partial charge in [0.25, 0.3) is 0 Å². The number of rotatable bonds is 3. The van der Waals surface area contributed by atoms with E-state index in [1.54, 1.807) is 0 Å². The molecule has 7 nitrogen and oxygen atoms in total. The molecule has 2 aliphatic heterocycles. The number of alkyl halides is 3. The number of carboxylic acids is 1. The second-order valence-electron chi connectivity index (χ2n) is 7.10. The molecule has 0 unspecified atom stereocenters. The first-order chi connectivity index (χ1) is 12.5. The van der Waals surface area contributed by atoms with E-state index < -0.39 is 12.1 Å². The van der Waals surface area contributed by atoms with Crippen molar-refractivity contribution in [2.75, 3.05) is 26.2 Å². The van der Waals surface area contributed by atoms with Crippen LogP contribution < -0.4 is 0 Å². The topological polar surface area (TPSA) is 79.0 Å². The first-order valence-corrected chi connectivity index (χ1v) is 8.82. The molecular formula is C17H26F3N3O4. The highest BCUT2D eigenvalue weighted by molar-refractivity contribution is 5.73. The van der Waals surface area contributed by atoms with Crippen LogP contribution in [0.15, 0.2) is 4.52 Å². The zero-order valence-electron chi connectivity index (χ0n) is 15.9. The molecule has 2 saturated heterocycles. The molecule has 27 heavy (non-hydrogen) atoms. The Kier molecular flexibility index (Phi) is 6.87. The van der Waals surface area contributed by atoms with Crippen LogP contribution in [-0.4, -0.2) is 76.6 Å². The van der Waals surface area contributed by atoms with Gasteiger partial charge in [0.05, 0.1) is 24.4 Å². The number of likely N-dealkylation sites (tertiary alicyclic amines) is 1. The van der Waals surface area contributed by atoms with Crippen molar-refractivity contribution in [2.24, 2.45) is 0 Å². The number of hydrogen-bond acceptors (Lipinski definition) is 6. The Morgan fingerprint density at radius 2 is 1.96 bits per heavy atom. The van der Waals surface area contributed by atoms with Crippen LogP contribution in [0.25, 0.3) is 0 Å². The van der Waals surface area contributed by atoms with E-state index in [4.69, 9.17) is 19.2 Å². The zero-order chi connectivity index (χ0) is 20.4. The SMILES string of the molecule is Cc1noc(C)c1CN1CCO[C@H]2CN(C(C)C)C[C@H]21.O=C(O)C(F)(F)F. The highest BCUT2D eigenvalue weighted by Gasteiger charge is 2.41. The van der Waals surface area contributed by atoms with Crippen molar-refractivity contribution in [3.05, 3.63) is 17.0 Å². The van der Waals surface area contributed by atoms with Crippen LogP contribution in [0.2, 0.25) is 0 Å². The molecule has 0 amide bonds. The minimum absolute atomic E-state index is 0.353. The average Bonchev–Trinajstić information content (AvgIpc) is 3.14. The molecular weight excluding hydrogens is 367 g/mol. The third-order valence-corrected chi connectivity index (χ3v) is 4.96. The lowest BCUT2D eigenvalue weighted by atomic mass is 10.1. The third-order valence-electron chi connectivity index (χ3n) is 4.96. The lowest BCUT2D eigenvalue weighted by Crippen LogP contribution is -2.50. The number of nitrogens with zero attached hydrogens (tertiary/aromatic N) is 3. The molecule has 0 bridgehead atoms. The van der Waals surface area contributed by atoms with Gasteiger partial charge in [-0.3, -0.25) is 9.80 Å². The van der Waals surface area contributed by atoms with Crippen molar-refractivity contribution in [1.29, 1.82) is 0 Å². The maximum Gasteiger partial charge on any atom is 0.490 e. The largest absolute Gasteiger partial charge is 0.490 e. The van der Waals surface area contributed by atoms with Crippen molar-refractivity contribution >= 4 is 5.97 Å². The summed E-state index contributed by atoms with van der Waals surface area (Å²) in [6, 6.07) is 1.09. The van der Waals surface area contributed by atoms with E-state index in [0.717, 1.165) is 44.2 Å². The second-order valence-corrected chi connectivity index (χ2v) is 7.10. The number of carbonyl (C=O) groups is 1. The number of aliphatic carboxylic acids is 1. The van der Waals surface area contributed by atoms with Crippen molar-refractivity contribution in [2.45, 2.75) is 58.6 Å². The van der Waals surface area contributed by atoms with Crippen molar-refractivity contribution in [1.82, 2.24) is 15.0 Å². The van der Waals surface area contributed by atoms with Crippen LogP contribution in [0.3, 0.4) is 0 Å². The lowest BCUT2D eigenvalue weighted by Gasteiger charge is -2.36. The summed E-state index contributed by atoms with van der Waals surface area (Å²) < 4.78 is 43.0. The smallest absolute Gasteiger partial charge is 0.475 e. The molecule has 0 spiro atoms. The van der Waals surface area contributed by atoms with Gasteiger partial charge in [-0.05, 0) is 27.7 Å². The summed E-state index contributed by atoms with van der Waals surface area (Å²) in [4.78, 5) is 14.0. The number of morpholine rings is 1. The Labute approximate surface area is 156 Å². The zero-order valence-corrected chi connectivity index (χ0v) is 15.9. The minimum Gasteiger partial charge on any atom is -0.475 e. The van der Waals surface area contributed by atoms with E-state index in [2.05, 4.69) is 28.8 Å². The Morgan fingerprint density at radius 1 is 1.33 bits per heavy atom. The Morgan fingerprint density at radius 3 is 2.44 bits per heavy atom. The second kappa shape index (κ2) is 8.57. The normalized spacial score (nSPS) is 23.9. The highest BCUT2D eigenvalue weighted by atomic mass is 19.4. The predicted molar refractivity (Wildman–Crippen MR) is 90.3 cm³/mol. The Hall–Kier alpha value is -1.65. The molecule has 0 aliphatic carbocycles. The predicted octanol–water partition coefficient (Wildman–Crippen LogP) is 2.22. The summed E-state index contributed by atoms with van der Waals surface area (Å²) in [5.74, 6) is -1.81. The van der Waals surface area contributed by atoms with Crippen LogP contribution in [0, 0.1) is 13.8 Å². The van der Waals surface area contributed by atoms with Gasteiger partial charge in [-0.2, -0.15) is 13.2 Å². The molecule has 2 fully saturated rings. The van der Waals surface area contributed by atoms with Crippen LogP contribution in [0.4, 0.5) is 13.2 Å². The summed E-state index contributed by atoms with van der Waals surface area (Å²) in [7, 11) is 0. The fraction of sp³-hybridized carbons (Fsp3) is 0.765. The van der Waals surface area contributed by atoms with E-state index in [-0.39, 0.29) is 0 Å². The summed E-state index contributed by atoms with van der Waals surface area (Å²) in [6.45, 7) is 13.5. The van der Waals surface area contributed by atoms with Crippen molar-refractivity contribution in [3.63, 3.8) is 0 Å². The average molecular weight is 393 g/mol. The van der Waals surface area contributed by atoms with Gasteiger partial charge in [-0.15, -0.1) is 0 Å². The van der Waals surface area contributed by atoms with Crippen molar-refractivity contribution < 1.29 is 32.3 Å². The lowest BCUT2D eigenvalue weighted by molar-refractivity contribution is -0.192. The Bertz CT molecular complexity index is 628. The highest BCUT2D eigenvalue weighted by Crippen LogP contribution is 2.27. The minimum atomic E-state index is -5.08. The maximum absolute atomic E-state index is 10.6. The first kappa shape index (κ1) is 21.6. The number of carboxylic acid groups (broad SMARTS) is 1.